The molecule has 0 aliphatic rings. The van der Waals surface area contributed by atoms with Crippen molar-refractivity contribution in [1.29, 1.82) is 0 Å². The molecule has 7 nitrogen and oxygen atoms in total. The summed E-state index contributed by atoms with van der Waals surface area (Å²) in [5, 5.41) is 17.0. The fourth-order valence-corrected chi connectivity index (χ4v) is 2.87. The Balaban J connectivity index is 2.14. The van der Waals surface area contributed by atoms with Gasteiger partial charge in [-0.15, -0.1) is 0 Å². The van der Waals surface area contributed by atoms with Gasteiger partial charge in [0, 0.05) is 24.5 Å². The Morgan fingerprint density at radius 1 is 1.19 bits per heavy atom. The zero-order valence-corrected chi connectivity index (χ0v) is 16.0. The van der Waals surface area contributed by atoms with Gasteiger partial charge in [-0.05, 0) is 62.9 Å². The van der Waals surface area contributed by atoms with E-state index in [1.54, 1.807) is 17.0 Å². The molecule has 3 heterocycles. The molecule has 0 aliphatic carbocycles. The topological polar surface area (TPSA) is 92.1 Å². The highest BCUT2D eigenvalue weighted by Gasteiger charge is 2.15. The number of hydrogen-bond acceptors (Lipinski definition) is 6. The Bertz CT molecular complexity index is 1010. The third kappa shape index (κ3) is 4.09. The van der Waals surface area contributed by atoms with E-state index >= 15 is 0 Å². The summed E-state index contributed by atoms with van der Waals surface area (Å²) in [6.45, 7) is 7.68. The number of hydrogen-bond donors (Lipinski definition) is 3. The number of nitrogens with zero attached hydrogens (tertiary/aromatic N) is 3. The molecule has 0 radical (unpaired) electrons. The molecule has 3 aromatic heterocycles. The molecule has 27 heavy (non-hydrogen) atoms. The highest BCUT2D eigenvalue weighted by molar-refractivity contribution is 5.93. The van der Waals surface area contributed by atoms with Crippen molar-refractivity contribution in [2.24, 2.45) is 0 Å². The minimum absolute atomic E-state index is 0.0410. The molecule has 0 unspecified atom stereocenters. The molecule has 3 aromatic rings. The first-order valence-corrected chi connectivity index (χ1v) is 9.02. The first kappa shape index (κ1) is 18.8. The molecule has 7 heteroatoms. The predicted molar refractivity (Wildman–Crippen MR) is 109 cm³/mol. The highest BCUT2D eigenvalue weighted by Crippen LogP contribution is 2.25. The number of aliphatic hydroxyl groups excluding tert-OH is 1. The highest BCUT2D eigenvalue weighted by atomic mass is 16.3. The SMILES string of the molecule is Cc1ccnc(Nc2cc3ccn(C(C)C)c(=O)c3c(N[C@@H](C)CO)n2)c1. The Kier molecular flexibility index (Phi) is 5.41. The van der Waals surface area contributed by atoms with Gasteiger partial charge >= 0.3 is 0 Å². The molecule has 0 fully saturated rings. The second kappa shape index (κ2) is 7.75. The number of fused-ring (bicyclic) bond motifs is 1. The molecule has 0 aliphatic heterocycles. The summed E-state index contributed by atoms with van der Waals surface area (Å²) < 4.78 is 1.67. The third-order valence-electron chi connectivity index (χ3n) is 4.30. The zero-order valence-electron chi connectivity index (χ0n) is 16.0. The molecular formula is C20H25N5O2. The third-order valence-corrected chi connectivity index (χ3v) is 4.30. The zero-order chi connectivity index (χ0) is 19.6. The molecule has 3 rings (SSSR count). The minimum atomic E-state index is -0.236. The fourth-order valence-electron chi connectivity index (χ4n) is 2.87. The Morgan fingerprint density at radius 2 is 1.96 bits per heavy atom. The maximum atomic E-state index is 13.0. The lowest BCUT2D eigenvalue weighted by molar-refractivity contribution is 0.281. The van der Waals surface area contributed by atoms with Crippen LogP contribution >= 0.6 is 0 Å². The molecule has 0 saturated heterocycles. The first-order valence-electron chi connectivity index (χ1n) is 9.02. The first-order chi connectivity index (χ1) is 12.9. The Labute approximate surface area is 158 Å². The van der Waals surface area contributed by atoms with Gasteiger partial charge in [-0.25, -0.2) is 9.97 Å². The molecule has 3 N–H and O–H groups in total. The summed E-state index contributed by atoms with van der Waals surface area (Å²) in [5.41, 5.74) is 0.975. The van der Waals surface area contributed by atoms with Crippen LogP contribution in [0, 0.1) is 6.92 Å². The van der Waals surface area contributed by atoms with Crippen LogP contribution in [0.15, 0.2) is 41.5 Å². The van der Waals surface area contributed by atoms with E-state index in [-0.39, 0.29) is 24.2 Å². The van der Waals surface area contributed by atoms with Crippen molar-refractivity contribution in [2.75, 3.05) is 17.2 Å². The van der Waals surface area contributed by atoms with E-state index < -0.39 is 0 Å². The molecule has 0 aromatic carbocycles. The lowest BCUT2D eigenvalue weighted by Gasteiger charge is -2.17. The van der Waals surface area contributed by atoms with E-state index in [2.05, 4.69) is 20.6 Å². The van der Waals surface area contributed by atoms with E-state index in [1.165, 1.54) is 0 Å². The van der Waals surface area contributed by atoms with Gasteiger partial charge < -0.3 is 20.3 Å². The average Bonchev–Trinajstić information content (AvgIpc) is 2.61. The van der Waals surface area contributed by atoms with Crippen LogP contribution in [0.2, 0.25) is 0 Å². The molecule has 142 valence electrons. The number of anilines is 3. The van der Waals surface area contributed by atoms with Crippen LogP contribution in [0.1, 0.15) is 32.4 Å². The normalized spacial score (nSPS) is 12.4. The summed E-state index contributed by atoms with van der Waals surface area (Å²) in [5.74, 6) is 1.71. The summed E-state index contributed by atoms with van der Waals surface area (Å²) in [7, 11) is 0. The molecular weight excluding hydrogens is 342 g/mol. The molecule has 1 atom stereocenters. The second-order valence-corrected chi connectivity index (χ2v) is 7.01. The summed E-state index contributed by atoms with van der Waals surface area (Å²) in [4.78, 5) is 21.9. The van der Waals surface area contributed by atoms with Gasteiger partial charge in [0.2, 0.25) is 0 Å². The van der Waals surface area contributed by atoms with Gasteiger partial charge in [0.05, 0.1) is 12.0 Å². The lowest BCUT2D eigenvalue weighted by atomic mass is 10.1. The van der Waals surface area contributed by atoms with Crippen LogP contribution in [-0.4, -0.2) is 32.3 Å². The summed E-state index contributed by atoms with van der Waals surface area (Å²) >= 11 is 0. The molecule has 0 amide bonds. The van der Waals surface area contributed by atoms with Crippen molar-refractivity contribution in [3.05, 3.63) is 52.6 Å². The molecule has 0 saturated carbocycles. The number of aryl methyl sites for hydroxylation is 1. The quantitative estimate of drug-likeness (QED) is 0.620. The van der Waals surface area contributed by atoms with Gasteiger partial charge in [0.25, 0.3) is 5.56 Å². The lowest BCUT2D eigenvalue weighted by Crippen LogP contribution is -2.25. The van der Waals surface area contributed by atoms with E-state index in [9.17, 15) is 9.90 Å². The van der Waals surface area contributed by atoms with Crippen LogP contribution in [0.4, 0.5) is 17.5 Å². The van der Waals surface area contributed by atoms with Gasteiger partial charge in [-0.1, -0.05) is 0 Å². The Morgan fingerprint density at radius 3 is 2.63 bits per heavy atom. The van der Waals surface area contributed by atoms with Gasteiger partial charge in [0.15, 0.2) is 0 Å². The van der Waals surface area contributed by atoms with E-state index in [1.807, 2.05) is 52.0 Å². The number of aromatic nitrogens is 3. The van der Waals surface area contributed by atoms with Crippen LogP contribution in [0.3, 0.4) is 0 Å². The maximum Gasteiger partial charge on any atom is 0.262 e. The van der Waals surface area contributed by atoms with Gasteiger partial charge in [0.1, 0.15) is 17.5 Å². The van der Waals surface area contributed by atoms with Crippen LogP contribution in [0.25, 0.3) is 10.8 Å². The van der Waals surface area contributed by atoms with E-state index in [0.29, 0.717) is 22.8 Å². The van der Waals surface area contributed by atoms with Crippen LogP contribution in [0.5, 0.6) is 0 Å². The molecule has 0 bridgehead atoms. The van der Waals surface area contributed by atoms with Crippen molar-refractivity contribution in [2.45, 2.75) is 39.8 Å². The predicted octanol–water partition coefficient (Wildman–Crippen LogP) is 3.22. The monoisotopic (exact) mass is 367 g/mol. The van der Waals surface area contributed by atoms with Crippen molar-refractivity contribution in [1.82, 2.24) is 14.5 Å². The van der Waals surface area contributed by atoms with Crippen LogP contribution in [-0.2, 0) is 0 Å². The van der Waals surface area contributed by atoms with Crippen molar-refractivity contribution in [3.8, 4) is 0 Å². The smallest absolute Gasteiger partial charge is 0.262 e. The minimum Gasteiger partial charge on any atom is -0.394 e. The van der Waals surface area contributed by atoms with Crippen molar-refractivity contribution >= 4 is 28.2 Å². The van der Waals surface area contributed by atoms with Gasteiger partial charge in [-0.2, -0.15) is 0 Å². The van der Waals surface area contributed by atoms with Crippen molar-refractivity contribution in [3.63, 3.8) is 0 Å². The second-order valence-electron chi connectivity index (χ2n) is 7.01. The fraction of sp³-hybridized carbons (Fsp3) is 0.350. The van der Waals surface area contributed by atoms with Crippen LogP contribution < -0.4 is 16.2 Å². The van der Waals surface area contributed by atoms with E-state index in [4.69, 9.17) is 0 Å². The number of nitrogens with one attached hydrogen (secondary N) is 2. The van der Waals surface area contributed by atoms with Gasteiger partial charge in [-0.3, -0.25) is 4.79 Å². The maximum absolute atomic E-state index is 13.0. The number of pyridine rings is 3. The Hall–Kier alpha value is -2.93. The summed E-state index contributed by atoms with van der Waals surface area (Å²) in [6, 6.07) is 7.39. The number of rotatable bonds is 6. The standard InChI is InChI=1S/C20H25N5O2/c1-12(2)25-8-6-15-10-17(23-16-9-13(3)5-7-21-16)24-19(18(15)20(25)27)22-14(4)11-26/h5-10,12,14,26H,11H2,1-4H3,(H2,21,22,23,24)/t14-/m0/s1. The molecule has 0 spiro atoms. The number of aliphatic hydroxyl groups is 1. The van der Waals surface area contributed by atoms with E-state index in [0.717, 1.165) is 10.9 Å². The average molecular weight is 367 g/mol. The summed E-state index contributed by atoms with van der Waals surface area (Å²) in [6.07, 6.45) is 3.52. The van der Waals surface area contributed by atoms with Crippen molar-refractivity contribution < 1.29 is 5.11 Å². The largest absolute Gasteiger partial charge is 0.394 e.